The maximum absolute atomic E-state index is 13.6. The monoisotopic (exact) mass is 578 g/mol. The van der Waals surface area contributed by atoms with E-state index in [1.54, 1.807) is 7.11 Å². The zero-order valence-corrected chi connectivity index (χ0v) is 21.2. The molecule has 0 N–H and O–H groups in total. The molecule has 3 rings (SSSR count). The Morgan fingerprint density at radius 2 is 1.96 bits per heavy atom. The van der Waals surface area contributed by atoms with E-state index in [0.717, 1.165) is 35.3 Å². The molecule has 1 saturated carbocycles. The lowest BCUT2D eigenvalue weighted by Gasteiger charge is -2.55. The van der Waals surface area contributed by atoms with Gasteiger partial charge < -0.3 is 9.47 Å². The standard InChI is InChI=1S/C21H25Br3O4/c1-20-6-5-7-21(2,19(26)28-4)18(20)16(24)17(25)15-12(14(23)10-22)8-11(27-3)9-13(15)20/h8-9,14,16,18H,5-7,10H2,1-4H3/t14?,16-,18+,20+,21-/m0/s1. The number of ketones is 1. The van der Waals surface area contributed by atoms with E-state index in [9.17, 15) is 9.59 Å². The van der Waals surface area contributed by atoms with Crippen molar-refractivity contribution in [2.75, 3.05) is 19.5 Å². The lowest BCUT2D eigenvalue weighted by Crippen LogP contribution is -2.58. The third-order valence-electron chi connectivity index (χ3n) is 6.67. The molecule has 154 valence electrons. The molecular formula is C21H25Br3O4. The van der Waals surface area contributed by atoms with Crippen LogP contribution in [0.5, 0.6) is 5.75 Å². The van der Waals surface area contributed by atoms with E-state index in [2.05, 4.69) is 54.7 Å². The molecule has 0 heterocycles. The van der Waals surface area contributed by atoms with E-state index in [0.29, 0.717) is 11.8 Å². The number of hydrogen-bond acceptors (Lipinski definition) is 4. The highest BCUT2D eigenvalue weighted by Crippen LogP contribution is 2.60. The van der Waals surface area contributed by atoms with E-state index in [4.69, 9.17) is 9.47 Å². The molecule has 1 unspecified atom stereocenters. The number of esters is 1. The molecule has 0 spiro atoms. The largest absolute Gasteiger partial charge is 0.497 e. The molecule has 1 aromatic rings. The van der Waals surface area contributed by atoms with Gasteiger partial charge in [0.05, 0.1) is 29.3 Å². The lowest BCUT2D eigenvalue weighted by molar-refractivity contribution is -0.160. The molecule has 7 heteroatoms. The fraction of sp³-hybridized carbons (Fsp3) is 0.619. The first-order valence-electron chi connectivity index (χ1n) is 9.34. The Hall–Kier alpha value is -0.400. The highest BCUT2D eigenvalue weighted by atomic mass is 79.9. The van der Waals surface area contributed by atoms with Crippen molar-refractivity contribution in [1.29, 1.82) is 0 Å². The Kier molecular flexibility index (Phi) is 6.39. The third-order valence-corrected chi connectivity index (χ3v) is 9.95. The summed E-state index contributed by atoms with van der Waals surface area (Å²) in [6.07, 6.45) is 2.51. The molecule has 0 amide bonds. The van der Waals surface area contributed by atoms with Crippen LogP contribution in [-0.4, -0.2) is 36.1 Å². The van der Waals surface area contributed by atoms with Gasteiger partial charge in [0.2, 0.25) is 0 Å². The second-order valence-electron chi connectivity index (χ2n) is 8.18. The van der Waals surface area contributed by atoms with Gasteiger partial charge in [0.1, 0.15) is 5.75 Å². The molecule has 0 aromatic heterocycles. The minimum absolute atomic E-state index is 0.0178. The predicted octanol–water partition coefficient (Wildman–Crippen LogP) is 5.72. The van der Waals surface area contributed by atoms with E-state index < -0.39 is 10.2 Å². The van der Waals surface area contributed by atoms with Crippen LogP contribution in [0.25, 0.3) is 0 Å². The van der Waals surface area contributed by atoms with E-state index >= 15 is 0 Å². The van der Waals surface area contributed by atoms with Crippen molar-refractivity contribution in [1.82, 2.24) is 0 Å². The normalized spacial score (nSPS) is 32.9. The first-order chi connectivity index (χ1) is 13.2. The molecule has 2 aliphatic rings. The highest BCUT2D eigenvalue weighted by molar-refractivity contribution is 9.12. The Morgan fingerprint density at radius 1 is 1.29 bits per heavy atom. The smallest absolute Gasteiger partial charge is 0.311 e. The van der Waals surface area contributed by atoms with Crippen molar-refractivity contribution in [3.63, 3.8) is 0 Å². The molecule has 0 bridgehead atoms. The Bertz CT molecular complexity index is 811. The zero-order valence-electron chi connectivity index (χ0n) is 16.5. The summed E-state index contributed by atoms with van der Waals surface area (Å²) in [5.74, 6) is 0.313. The number of hydrogen-bond donors (Lipinski definition) is 0. The fourth-order valence-corrected chi connectivity index (χ4v) is 7.45. The molecule has 1 aromatic carbocycles. The van der Waals surface area contributed by atoms with Crippen LogP contribution >= 0.6 is 47.8 Å². The van der Waals surface area contributed by atoms with Crippen LogP contribution in [0.3, 0.4) is 0 Å². The first-order valence-corrected chi connectivity index (χ1v) is 12.3. The topological polar surface area (TPSA) is 52.6 Å². The molecule has 0 saturated heterocycles. The molecule has 0 aliphatic heterocycles. The van der Waals surface area contributed by atoms with E-state index in [1.807, 2.05) is 19.1 Å². The maximum Gasteiger partial charge on any atom is 0.311 e. The zero-order chi connectivity index (χ0) is 20.9. The van der Waals surface area contributed by atoms with Gasteiger partial charge in [-0.2, -0.15) is 0 Å². The molecule has 2 aliphatic carbocycles. The predicted molar refractivity (Wildman–Crippen MR) is 120 cm³/mol. The number of fused-ring (bicyclic) bond motifs is 3. The lowest BCUT2D eigenvalue weighted by atomic mass is 9.49. The maximum atomic E-state index is 13.6. The number of halogens is 3. The number of rotatable bonds is 4. The summed E-state index contributed by atoms with van der Waals surface area (Å²) in [5, 5.41) is 0.673. The van der Waals surface area contributed by atoms with E-state index in [-0.39, 0.29) is 27.9 Å². The van der Waals surface area contributed by atoms with Crippen LogP contribution in [0.4, 0.5) is 0 Å². The van der Waals surface area contributed by atoms with Crippen LogP contribution in [0.15, 0.2) is 12.1 Å². The van der Waals surface area contributed by atoms with Gasteiger partial charge in [-0.15, -0.1) is 0 Å². The van der Waals surface area contributed by atoms with Gasteiger partial charge in [-0.3, -0.25) is 9.59 Å². The van der Waals surface area contributed by atoms with Crippen molar-refractivity contribution >= 4 is 59.5 Å². The third kappa shape index (κ3) is 3.20. The van der Waals surface area contributed by atoms with Crippen LogP contribution in [0.2, 0.25) is 0 Å². The molecular weight excluding hydrogens is 556 g/mol. The van der Waals surface area contributed by atoms with Crippen molar-refractivity contribution in [2.45, 2.75) is 48.2 Å². The van der Waals surface area contributed by atoms with Crippen LogP contribution < -0.4 is 4.74 Å². The Balaban J connectivity index is 2.31. The van der Waals surface area contributed by atoms with Crippen LogP contribution in [0.1, 0.15) is 59.4 Å². The van der Waals surface area contributed by atoms with Gasteiger partial charge in [0, 0.05) is 16.8 Å². The average Bonchev–Trinajstić information content (AvgIpc) is 2.69. The van der Waals surface area contributed by atoms with Gasteiger partial charge in [-0.1, -0.05) is 61.1 Å². The minimum atomic E-state index is -0.726. The number of carbonyl (C=O) groups excluding carboxylic acids is 2. The SMILES string of the molecule is COC(=O)[C@@]1(C)CCC[C@]2(C)c3cc(OC)cc(C(Br)CBr)c3C(=O)[C@H](Br)[C@@H]12. The summed E-state index contributed by atoms with van der Waals surface area (Å²) in [5.41, 5.74) is 1.58. The summed E-state index contributed by atoms with van der Waals surface area (Å²) in [4.78, 5) is 25.9. The summed E-state index contributed by atoms with van der Waals surface area (Å²) in [6.45, 7) is 4.12. The summed E-state index contributed by atoms with van der Waals surface area (Å²) < 4.78 is 10.7. The van der Waals surface area contributed by atoms with E-state index in [1.165, 1.54) is 7.11 Å². The van der Waals surface area contributed by atoms with Crippen molar-refractivity contribution in [3.05, 3.63) is 28.8 Å². The average molecular weight is 581 g/mol. The summed E-state index contributed by atoms with van der Waals surface area (Å²) in [6, 6.07) is 3.92. The van der Waals surface area contributed by atoms with Crippen molar-refractivity contribution in [3.8, 4) is 5.75 Å². The molecule has 5 atom stereocenters. The number of Topliss-reactive ketones (excluding diaryl/α,β-unsaturated/α-hetero) is 1. The summed E-state index contributed by atoms with van der Waals surface area (Å²) >= 11 is 10.9. The molecule has 4 nitrogen and oxygen atoms in total. The Labute approximate surface area is 191 Å². The van der Waals surface area contributed by atoms with Crippen molar-refractivity contribution in [2.24, 2.45) is 11.3 Å². The van der Waals surface area contributed by atoms with Crippen LogP contribution in [0, 0.1) is 11.3 Å². The quantitative estimate of drug-likeness (QED) is 0.337. The van der Waals surface area contributed by atoms with Gasteiger partial charge in [-0.05, 0) is 48.4 Å². The molecule has 28 heavy (non-hydrogen) atoms. The first kappa shape index (κ1) is 22.3. The van der Waals surface area contributed by atoms with Gasteiger partial charge >= 0.3 is 5.97 Å². The number of alkyl halides is 3. The molecule has 0 radical (unpaired) electrons. The highest BCUT2D eigenvalue weighted by Gasteiger charge is 2.61. The minimum Gasteiger partial charge on any atom is -0.497 e. The second kappa shape index (κ2) is 8.03. The Morgan fingerprint density at radius 3 is 2.54 bits per heavy atom. The van der Waals surface area contributed by atoms with Gasteiger partial charge in [0.25, 0.3) is 0 Å². The molecule has 1 fully saturated rings. The summed E-state index contributed by atoms with van der Waals surface area (Å²) in [7, 11) is 3.06. The fourth-order valence-electron chi connectivity index (χ4n) is 5.35. The number of ether oxygens (including phenoxy) is 2. The van der Waals surface area contributed by atoms with Crippen LogP contribution in [-0.2, 0) is 14.9 Å². The van der Waals surface area contributed by atoms with Crippen molar-refractivity contribution < 1.29 is 19.1 Å². The number of methoxy groups -OCH3 is 2. The number of carbonyl (C=O) groups is 2. The van der Waals surface area contributed by atoms with Gasteiger partial charge in [0.15, 0.2) is 5.78 Å². The number of benzene rings is 1. The second-order valence-corrected chi connectivity index (χ2v) is 10.9. The van der Waals surface area contributed by atoms with Gasteiger partial charge in [-0.25, -0.2) is 0 Å².